The van der Waals surface area contributed by atoms with Gasteiger partial charge in [-0.1, -0.05) is 24.3 Å². The molecule has 0 radical (unpaired) electrons. The summed E-state index contributed by atoms with van der Waals surface area (Å²) in [6.07, 6.45) is 0. The molecule has 0 saturated heterocycles. The molecule has 0 unspecified atom stereocenters. The second kappa shape index (κ2) is 7.72. The third-order valence-corrected chi connectivity index (χ3v) is 5.76. The molecule has 1 N–H and O–H groups in total. The summed E-state index contributed by atoms with van der Waals surface area (Å²) in [4.78, 5) is 3.41. The molecule has 150 valence electrons. The number of hydrogen-bond donors (Lipinski definition) is 1. The van der Waals surface area contributed by atoms with Crippen molar-refractivity contribution >= 4 is 21.8 Å². The van der Waals surface area contributed by atoms with Gasteiger partial charge in [0.2, 0.25) is 0 Å². The zero-order valence-electron chi connectivity index (χ0n) is 17.2. The summed E-state index contributed by atoms with van der Waals surface area (Å²) < 4.78 is 0. The monoisotopic (exact) mass is 419 g/mol. The maximum atomic E-state index is 9.58. The van der Waals surface area contributed by atoms with Gasteiger partial charge in [-0.05, 0) is 70.8 Å². The molecule has 0 atom stereocenters. The van der Waals surface area contributed by atoms with Gasteiger partial charge < -0.3 is 4.98 Å². The molecule has 0 fully saturated rings. The molecule has 0 aliphatic heterocycles. The predicted octanol–water partition coefficient (Wildman–Crippen LogP) is 6.14. The van der Waals surface area contributed by atoms with Crippen molar-refractivity contribution in [1.29, 1.82) is 21.0 Å². The predicted molar refractivity (Wildman–Crippen MR) is 126 cm³/mol. The van der Waals surface area contributed by atoms with Gasteiger partial charge >= 0.3 is 0 Å². The van der Waals surface area contributed by atoms with Crippen LogP contribution in [-0.4, -0.2) is 4.98 Å². The summed E-state index contributed by atoms with van der Waals surface area (Å²) in [6, 6.07) is 30.7. The summed E-state index contributed by atoms with van der Waals surface area (Å²) in [5.74, 6) is 0. The average Bonchev–Trinajstić information content (AvgIpc) is 3.24. The van der Waals surface area contributed by atoms with Crippen LogP contribution in [0.15, 0.2) is 72.8 Å². The molecule has 0 aliphatic rings. The Morgan fingerprint density at radius 2 is 0.939 bits per heavy atom. The molecule has 5 heteroatoms. The summed E-state index contributed by atoms with van der Waals surface area (Å²) in [6.45, 7) is 0. The van der Waals surface area contributed by atoms with E-state index in [1.807, 2.05) is 36.4 Å². The van der Waals surface area contributed by atoms with Crippen LogP contribution >= 0.6 is 0 Å². The first-order valence-electron chi connectivity index (χ1n) is 10.1. The highest BCUT2D eigenvalue weighted by molar-refractivity contribution is 6.10. The Hall–Kier alpha value is -5.36. The van der Waals surface area contributed by atoms with Crippen molar-refractivity contribution < 1.29 is 0 Å². The zero-order valence-corrected chi connectivity index (χ0v) is 17.2. The third-order valence-electron chi connectivity index (χ3n) is 5.76. The van der Waals surface area contributed by atoms with Crippen molar-refractivity contribution in [2.75, 3.05) is 0 Å². The first-order valence-corrected chi connectivity index (χ1v) is 10.1. The molecule has 1 aromatic heterocycles. The fourth-order valence-electron chi connectivity index (χ4n) is 4.15. The number of fused-ring (bicyclic) bond motifs is 3. The number of H-pyrrole nitrogens is 1. The fourth-order valence-corrected chi connectivity index (χ4v) is 4.15. The Balaban J connectivity index is 1.70. The van der Waals surface area contributed by atoms with Crippen LogP contribution in [0.4, 0.5) is 0 Å². The van der Waals surface area contributed by atoms with Crippen LogP contribution in [0, 0.1) is 45.3 Å². The van der Waals surface area contributed by atoms with Crippen LogP contribution in [0.2, 0.25) is 0 Å². The maximum absolute atomic E-state index is 9.58. The Morgan fingerprint density at radius 1 is 0.485 bits per heavy atom. The van der Waals surface area contributed by atoms with Gasteiger partial charge in [-0.3, -0.25) is 0 Å². The van der Waals surface area contributed by atoms with Crippen molar-refractivity contribution in [1.82, 2.24) is 4.98 Å². The van der Waals surface area contributed by atoms with Crippen molar-refractivity contribution in [3.05, 3.63) is 95.1 Å². The lowest BCUT2D eigenvalue weighted by molar-refractivity contribution is 1.44. The first kappa shape index (κ1) is 19.6. The second-order valence-corrected chi connectivity index (χ2v) is 7.61. The van der Waals surface area contributed by atoms with E-state index in [1.165, 1.54) is 0 Å². The number of hydrogen-bond acceptors (Lipinski definition) is 4. The number of aromatic amines is 1. The first-order chi connectivity index (χ1) is 16.1. The zero-order chi connectivity index (χ0) is 22.9. The largest absolute Gasteiger partial charge is 0.355 e. The smallest absolute Gasteiger partial charge is 0.0998 e. The van der Waals surface area contributed by atoms with E-state index in [4.69, 9.17) is 10.5 Å². The van der Waals surface area contributed by atoms with Crippen LogP contribution in [-0.2, 0) is 0 Å². The number of nitriles is 4. The van der Waals surface area contributed by atoms with Gasteiger partial charge in [-0.15, -0.1) is 0 Å². The number of rotatable bonds is 2. The molecule has 0 spiro atoms. The molecule has 0 saturated carbocycles. The van der Waals surface area contributed by atoms with E-state index in [0.717, 1.165) is 44.1 Å². The standard InChI is InChI=1S/C28H13N5/c29-13-17-1-5-23(21(9-17)15-31)19-3-7-27-25(11-19)26-12-20(4-8-28(26)33-27)24-6-2-18(14-30)10-22(24)16-32/h1-12,33H. The quantitative estimate of drug-likeness (QED) is 0.370. The average molecular weight is 419 g/mol. The topological polar surface area (TPSA) is 111 Å². The normalized spacial score (nSPS) is 10.3. The molecular formula is C28H13N5. The Bertz CT molecular complexity index is 1630. The van der Waals surface area contributed by atoms with Crippen molar-refractivity contribution in [2.45, 2.75) is 0 Å². The van der Waals surface area contributed by atoms with E-state index >= 15 is 0 Å². The summed E-state index contributed by atoms with van der Waals surface area (Å²) >= 11 is 0. The Labute approximate surface area is 189 Å². The van der Waals surface area contributed by atoms with E-state index in [9.17, 15) is 10.5 Å². The lowest BCUT2D eigenvalue weighted by Crippen LogP contribution is -1.87. The molecular weight excluding hydrogens is 406 g/mol. The van der Waals surface area contributed by atoms with Gasteiger partial charge in [-0.2, -0.15) is 21.0 Å². The van der Waals surface area contributed by atoms with Crippen molar-refractivity contribution in [3.63, 3.8) is 0 Å². The molecule has 1 heterocycles. The Morgan fingerprint density at radius 3 is 1.33 bits per heavy atom. The van der Waals surface area contributed by atoms with Crippen LogP contribution in [0.5, 0.6) is 0 Å². The summed E-state index contributed by atoms with van der Waals surface area (Å²) in [7, 11) is 0. The minimum atomic E-state index is 0.448. The van der Waals surface area contributed by atoms with E-state index < -0.39 is 0 Å². The molecule has 5 rings (SSSR count). The molecule has 5 nitrogen and oxygen atoms in total. The maximum Gasteiger partial charge on any atom is 0.0998 e. The van der Waals surface area contributed by atoms with Gasteiger partial charge in [0.1, 0.15) is 0 Å². The number of aromatic nitrogens is 1. The van der Waals surface area contributed by atoms with E-state index in [0.29, 0.717) is 22.3 Å². The number of nitrogens with zero attached hydrogens (tertiary/aromatic N) is 4. The highest BCUT2D eigenvalue weighted by Gasteiger charge is 2.12. The summed E-state index contributed by atoms with van der Waals surface area (Å²) in [5, 5.41) is 39.4. The SMILES string of the molecule is N#Cc1ccc(-c2ccc3[nH]c4ccc(-c5ccc(C#N)cc5C#N)cc4c3c2)c(C#N)c1. The number of benzene rings is 4. The minimum absolute atomic E-state index is 0.448. The molecule has 5 aromatic rings. The lowest BCUT2D eigenvalue weighted by atomic mass is 9.95. The van der Waals surface area contributed by atoms with Crippen molar-refractivity contribution in [3.8, 4) is 46.5 Å². The molecule has 33 heavy (non-hydrogen) atoms. The van der Waals surface area contributed by atoms with Crippen LogP contribution in [0.3, 0.4) is 0 Å². The second-order valence-electron chi connectivity index (χ2n) is 7.61. The Kier molecular flexibility index (Phi) is 4.58. The lowest BCUT2D eigenvalue weighted by Gasteiger charge is -2.07. The molecule has 4 aromatic carbocycles. The van der Waals surface area contributed by atoms with Gasteiger partial charge in [-0.25, -0.2) is 0 Å². The van der Waals surface area contributed by atoms with Gasteiger partial charge in [0.15, 0.2) is 0 Å². The fraction of sp³-hybridized carbons (Fsp3) is 0. The van der Waals surface area contributed by atoms with E-state index in [1.54, 1.807) is 36.4 Å². The van der Waals surface area contributed by atoms with E-state index in [-0.39, 0.29) is 0 Å². The minimum Gasteiger partial charge on any atom is -0.355 e. The van der Waals surface area contributed by atoms with Crippen LogP contribution in [0.25, 0.3) is 44.1 Å². The highest BCUT2D eigenvalue weighted by atomic mass is 14.7. The van der Waals surface area contributed by atoms with Gasteiger partial charge in [0.05, 0.1) is 46.5 Å². The van der Waals surface area contributed by atoms with Crippen LogP contribution in [0.1, 0.15) is 22.3 Å². The molecule has 0 bridgehead atoms. The summed E-state index contributed by atoms with van der Waals surface area (Å²) in [5.41, 5.74) is 7.00. The number of nitrogens with one attached hydrogen (secondary N) is 1. The highest BCUT2D eigenvalue weighted by Crippen LogP contribution is 2.34. The molecule has 0 amide bonds. The van der Waals surface area contributed by atoms with Crippen molar-refractivity contribution in [2.24, 2.45) is 0 Å². The van der Waals surface area contributed by atoms with Crippen LogP contribution < -0.4 is 0 Å². The molecule has 0 aliphatic carbocycles. The van der Waals surface area contributed by atoms with Gasteiger partial charge in [0.25, 0.3) is 0 Å². The third kappa shape index (κ3) is 3.24. The van der Waals surface area contributed by atoms with E-state index in [2.05, 4.69) is 29.3 Å². The van der Waals surface area contributed by atoms with Gasteiger partial charge in [0, 0.05) is 21.8 Å².